The molecule has 0 aromatic carbocycles. The van der Waals surface area contributed by atoms with Gasteiger partial charge in [-0.3, -0.25) is 0 Å². The second-order valence-corrected chi connectivity index (χ2v) is 12.7. The van der Waals surface area contributed by atoms with E-state index in [4.69, 9.17) is 33.2 Å². The molecule has 5 heteroatoms. The summed E-state index contributed by atoms with van der Waals surface area (Å²) >= 11 is 16.8. The number of hydrogen-bond donors (Lipinski definition) is 0. The minimum atomic E-state index is -2.23. The molecule has 0 bridgehead atoms. The molecule has 0 aliphatic heterocycles. The summed E-state index contributed by atoms with van der Waals surface area (Å²) in [5, 5.41) is 0. The van der Waals surface area contributed by atoms with Crippen molar-refractivity contribution in [3.63, 3.8) is 0 Å². The monoisotopic (exact) mass is 206 g/mol. The normalized spacial score (nSPS) is 13.5. The molecule has 0 N–H and O–H groups in total. The second-order valence-electron chi connectivity index (χ2n) is 1.72. The fraction of sp³-hybridized carbons (Fsp3) is 1.00. The van der Waals surface area contributed by atoms with Crippen molar-refractivity contribution in [3.8, 4) is 0 Å². The van der Waals surface area contributed by atoms with Gasteiger partial charge in [0.15, 0.2) is 0 Å². The highest BCUT2D eigenvalue weighted by molar-refractivity contribution is 7.64. The fourth-order valence-corrected chi connectivity index (χ4v) is 7.00. The predicted octanol–water partition coefficient (Wildman–Crippen LogP) is 2.28. The zero-order valence-electron chi connectivity index (χ0n) is 4.76. The van der Waals surface area contributed by atoms with E-state index >= 15 is 0 Å². The fourth-order valence-electron chi connectivity index (χ4n) is 0.377. The van der Waals surface area contributed by atoms with Crippen LogP contribution in [0.3, 0.4) is 0 Å². The summed E-state index contributed by atoms with van der Waals surface area (Å²) in [5.41, 5.74) is 0. The first-order chi connectivity index (χ1) is 3.56. The minimum Gasteiger partial charge on any atom is -0.126 e. The molecule has 0 nitrogen and oxygen atoms in total. The first-order valence-corrected chi connectivity index (χ1v) is 10.3. The van der Waals surface area contributed by atoms with E-state index in [0.29, 0.717) is 0 Å². The summed E-state index contributed by atoms with van der Waals surface area (Å²) in [6, 6.07) is -0.182. The van der Waals surface area contributed by atoms with Crippen molar-refractivity contribution in [2.24, 2.45) is 0 Å². The van der Waals surface area contributed by atoms with Gasteiger partial charge in [0.2, 0.25) is 0 Å². The molecule has 50 valence electrons. The molecule has 0 aliphatic carbocycles. The van der Waals surface area contributed by atoms with Crippen molar-refractivity contribution < 1.29 is 0 Å². The van der Waals surface area contributed by atoms with E-state index in [2.05, 4.69) is 6.55 Å². The lowest BCUT2D eigenvalue weighted by molar-refractivity contribution is 1.42. The lowest BCUT2D eigenvalue weighted by Gasteiger charge is -2.03. The highest BCUT2D eigenvalue weighted by Crippen LogP contribution is 2.26. The summed E-state index contributed by atoms with van der Waals surface area (Å²) in [6.45, 7) is 2.23. The van der Waals surface area contributed by atoms with Crippen LogP contribution in [0.1, 0.15) is 0 Å². The molecule has 8 heavy (non-hydrogen) atoms. The van der Waals surface area contributed by atoms with Crippen LogP contribution < -0.4 is 0 Å². The third-order valence-electron chi connectivity index (χ3n) is 0.814. The molecule has 0 saturated carbocycles. The average molecular weight is 208 g/mol. The van der Waals surface area contributed by atoms with Gasteiger partial charge in [-0.1, -0.05) is 12.6 Å². The number of halogens is 3. The van der Waals surface area contributed by atoms with Crippen molar-refractivity contribution in [1.82, 2.24) is 0 Å². The van der Waals surface area contributed by atoms with Gasteiger partial charge in [-0.2, -0.15) is 0 Å². The highest BCUT2D eigenvalue weighted by atomic mass is 35.8. The van der Waals surface area contributed by atoms with Crippen LogP contribution in [0, 0.1) is 0 Å². The Kier molecular flexibility index (Phi) is 4.85. The Labute approximate surface area is 67.5 Å². The molecule has 0 atom stereocenters. The molecule has 0 spiro atoms. The van der Waals surface area contributed by atoms with E-state index in [-0.39, 0.29) is 9.52 Å². The first-order valence-electron chi connectivity index (χ1n) is 2.63. The summed E-state index contributed by atoms with van der Waals surface area (Å²) < 4.78 is 0. The van der Waals surface area contributed by atoms with Crippen molar-refractivity contribution >= 4 is 48.8 Å². The van der Waals surface area contributed by atoms with Gasteiger partial charge < -0.3 is 0 Å². The van der Waals surface area contributed by atoms with E-state index in [9.17, 15) is 0 Å². The minimum absolute atomic E-state index is 0.116. The third kappa shape index (κ3) is 7.30. The Bertz CT molecular complexity index is 60.0. The van der Waals surface area contributed by atoms with Gasteiger partial charge >= 0.3 is 6.00 Å². The maximum absolute atomic E-state index is 5.60. The van der Waals surface area contributed by atoms with Crippen LogP contribution in [-0.2, 0) is 0 Å². The van der Waals surface area contributed by atoms with Crippen LogP contribution in [0.2, 0.25) is 18.6 Å². The van der Waals surface area contributed by atoms with Crippen LogP contribution in [0.4, 0.5) is 0 Å². The quantitative estimate of drug-likeness (QED) is 0.492. The summed E-state index contributed by atoms with van der Waals surface area (Å²) in [7, 11) is 0.116. The molecule has 0 radical (unpaired) electrons. The molecule has 0 saturated heterocycles. The largest absolute Gasteiger partial charge is 0.341 e. The van der Waals surface area contributed by atoms with Crippen LogP contribution in [0.5, 0.6) is 0 Å². The van der Waals surface area contributed by atoms with Gasteiger partial charge in [0.05, 0.1) is 0 Å². The molecule has 0 unspecified atom stereocenters. The van der Waals surface area contributed by atoms with Gasteiger partial charge in [0.25, 0.3) is 0 Å². The van der Waals surface area contributed by atoms with Crippen LogP contribution in [0.25, 0.3) is 0 Å². The van der Waals surface area contributed by atoms with Gasteiger partial charge in [-0.25, -0.2) is 0 Å². The Morgan fingerprint density at radius 2 is 1.88 bits per heavy atom. The number of rotatable bonds is 3. The van der Waals surface area contributed by atoms with E-state index < -0.39 is 6.00 Å². The molecular formula is C3H9Cl3Si2. The van der Waals surface area contributed by atoms with Crippen molar-refractivity contribution in [3.05, 3.63) is 0 Å². The molecule has 0 fully saturated rings. The Morgan fingerprint density at radius 1 is 1.38 bits per heavy atom. The molecule has 0 aliphatic rings. The van der Waals surface area contributed by atoms with Crippen LogP contribution >= 0.6 is 33.2 Å². The number of hydrogen-bond acceptors (Lipinski definition) is 0. The van der Waals surface area contributed by atoms with Gasteiger partial charge in [-0.05, 0) is 6.04 Å². The first kappa shape index (κ1) is 9.30. The molecule has 0 rings (SSSR count). The van der Waals surface area contributed by atoms with E-state index in [0.717, 1.165) is 6.04 Å². The van der Waals surface area contributed by atoms with E-state index in [1.165, 1.54) is 6.04 Å². The zero-order chi connectivity index (χ0) is 6.62. The topological polar surface area (TPSA) is 0 Å². The molecule has 0 aromatic rings. The molecule has 0 heterocycles. The van der Waals surface area contributed by atoms with Crippen molar-refractivity contribution in [1.29, 1.82) is 0 Å². The smallest absolute Gasteiger partial charge is 0.126 e. The second kappa shape index (κ2) is 4.17. The lowest BCUT2D eigenvalue weighted by Crippen LogP contribution is -2.08. The Morgan fingerprint density at radius 3 is 2.00 bits per heavy atom. The van der Waals surface area contributed by atoms with E-state index in [1.807, 2.05) is 0 Å². The predicted molar refractivity (Wildman–Crippen MR) is 47.3 cm³/mol. The van der Waals surface area contributed by atoms with E-state index in [1.54, 1.807) is 0 Å². The summed E-state index contributed by atoms with van der Waals surface area (Å²) in [5.74, 6) is 0. The van der Waals surface area contributed by atoms with Gasteiger partial charge in [-0.15, -0.1) is 33.2 Å². The van der Waals surface area contributed by atoms with Crippen molar-refractivity contribution in [2.45, 2.75) is 18.6 Å². The summed E-state index contributed by atoms with van der Waals surface area (Å²) in [6.07, 6.45) is 0. The van der Waals surface area contributed by atoms with Crippen LogP contribution in [0.15, 0.2) is 0 Å². The SMILES string of the molecule is C[SiH2]CC[Si](Cl)(Cl)Cl. The third-order valence-corrected chi connectivity index (χ3v) is 5.20. The Hall–Kier alpha value is 1.30. The molecule has 0 amide bonds. The maximum Gasteiger partial charge on any atom is 0.341 e. The standard InChI is InChI=1S/C3H9Cl3Si2/c1-7-2-3-8(4,5)6/h2-3,7H2,1H3. The lowest BCUT2D eigenvalue weighted by atomic mass is 11.0. The van der Waals surface area contributed by atoms with Gasteiger partial charge in [0, 0.05) is 9.52 Å². The van der Waals surface area contributed by atoms with Crippen molar-refractivity contribution in [2.75, 3.05) is 0 Å². The summed E-state index contributed by atoms with van der Waals surface area (Å²) in [4.78, 5) is 0. The van der Waals surface area contributed by atoms with Crippen LogP contribution in [-0.4, -0.2) is 15.5 Å². The Balaban J connectivity index is 3.11. The maximum atomic E-state index is 5.60. The average Bonchev–Trinajstić information content (AvgIpc) is 1.59. The molecule has 0 aromatic heterocycles. The molecular weight excluding hydrogens is 199 g/mol. The van der Waals surface area contributed by atoms with Gasteiger partial charge in [0.1, 0.15) is 0 Å². The highest BCUT2D eigenvalue weighted by Gasteiger charge is 2.22. The zero-order valence-corrected chi connectivity index (χ0v) is 9.44.